The van der Waals surface area contributed by atoms with E-state index in [1.165, 1.54) is 6.08 Å². The highest BCUT2D eigenvalue weighted by Gasteiger charge is 2.30. The highest BCUT2D eigenvalue weighted by Crippen LogP contribution is 2.28. The van der Waals surface area contributed by atoms with Crippen LogP contribution in [0.15, 0.2) is 53.2 Å². The van der Waals surface area contributed by atoms with Gasteiger partial charge in [-0.25, -0.2) is 9.79 Å². The summed E-state index contributed by atoms with van der Waals surface area (Å²) in [6.45, 7) is 1.92. The van der Waals surface area contributed by atoms with Crippen LogP contribution in [0, 0.1) is 27.2 Å². The number of hydrogen-bond acceptors (Lipinski definition) is 7. The van der Waals surface area contributed by atoms with Crippen molar-refractivity contribution in [3.05, 3.63) is 85.1 Å². The summed E-state index contributed by atoms with van der Waals surface area (Å²) in [5.74, 6) is -1.02. The number of cyclic esters (lactones) is 1. The van der Waals surface area contributed by atoms with E-state index >= 15 is 0 Å². The Labute approximate surface area is 146 Å². The lowest BCUT2D eigenvalue weighted by atomic mass is 10.1. The van der Waals surface area contributed by atoms with Crippen molar-refractivity contribution in [3.63, 3.8) is 0 Å². The van der Waals surface area contributed by atoms with Gasteiger partial charge in [-0.05, 0) is 24.6 Å². The Hall–Kier alpha value is -3.88. The highest BCUT2D eigenvalue weighted by atomic mass is 16.6. The molecule has 3 rings (SSSR count). The molecule has 1 heterocycles. The fourth-order valence-electron chi connectivity index (χ4n) is 2.31. The third-order valence-corrected chi connectivity index (χ3v) is 3.62. The molecule has 0 radical (unpaired) electrons. The SMILES string of the molecule is Cc1ccc(/C=C2/N=C(c3ccc([N+](=O)[O-])cc3[N+](=O)[O-])OC2=O)cc1. The van der Waals surface area contributed by atoms with E-state index in [-0.39, 0.29) is 17.2 Å². The van der Waals surface area contributed by atoms with Gasteiger partial charge in [-0.2, -0.15) is 0 Å². The van der Waals surface area contributed by atoms with Crippen LogP contribution in [0.25, 0.3) is 6.08 Å². The zero-order valence-electron chi connectivity index (χ0n) is 13.4. The Morgan fingerprint density at radius 3 is 2.35 bits per heavy atom. The first-order valence-corrected chi connectivity index (χ1v) is 7.37. The molecule has 2 aromatic rings. The topological polar surface area (TPSA) is 125 Å². The Morgan fingerprint density at radius 1 is 1.04 bits per heavy atom. The summed E-state index contributed by atoms with van der Waals surface area (Å²) in [5.41, 5.74) is 0.624. The van der Waals surface area contributed by atoms with Crippen LogP contribution in [0.3, 0.4) is 0 Å². The van der Waals surface area contributed by atoms with Gasteiger partial charge in [0, 0.05) is 6.07 Å². The molecule has 0 aliphatic carbocycles. The standard InChI is InChI=1S/C17H11N3O6/c1-10-2-4-11(5-3-10)8-14-17(21)26-16(18-14)13-7-6-12(19(22)23)9-15(13)20(24)25/h2-9H,1H3/b14-8+. The minimum absolute atomic E-state index is 0.0171. The van der Waals surface area contributed by atoms with Crippen molar-refractivity contribution in [2.45, 2.75) is 6.92 Å². The van der Waals surface area contributed by atoms with Crippen LogP contribution in [-0.4, -0.2) is 21.7 Å². The van der Waals surface area contributed by atoms with E-state index in [4.69, 9.17) is 4.74 Å². The first kappa shape index (κ1) is 17.0. The van der Waals surface area contributed by atoms with Crippen LogP contribution in [0.4, 0.5) is 11.4 Å². The van der Waals surface area contributed by atoms with E-state index in [1.54, 1.807) is 12.1 Å². The molecule has 9 nitrogen and oxygen atoms in total. The summed E-state index contributed by atoms with van der Waals surface area (Å²) in [5, 5.41) is 22.0. The molecule has 0 fully saturated rings. The van der Waals surface area contributed by atoms with Crippen LogP contribution in [-0.2, 0) is 9.53 Å². The number of rotatable bonds is 4. The van der Waals surface area contributed by atoms with Gasteiger partial charge in [-0.15, -0.1) is 0 Å². The average Bonchev–Trinajstić information content (AvgIpc) is 2.96. The lowest BCUT2D eigenvalue weighted by molar-refractivity contribution is -0.394. The minimum Gasteiger partial charge on any atom is -0.402 e. The number of ether oxygens (including phenoxy) is 1. The molecular weight excluding hydrogens is 342 g/mol. The van der Waals surface area contributed by atoms with Crippen LogP contribution in [0.2, 0.25) is 0 Å². The van der Waals surface area contributed by atoms with Crippen molar-refractivity contribution < 1.29 is 19.4 Å². The first-order valence-electron chi connectivity index (χ1n) is 7.37. The monoisotopic (exact) mass is 353 g/mol. The second-order valence-electron chi connectivity index (χ2n) is 5.46. The second kappa shape index (κ2) is 6.55. The van der Waals surface area contributed by atoms with Gasteiger partial charge in [0.25, 0.3) is 11.4 Å². The summed E-state index contributed by atoms with van der Waals surface area (Å²) in [7, 11) is 0. The van der Waals surface area contributed by atoms with Gasteiger partial charge in [-0.3, -0.25) is 20.2 Å². The number of aryl methyl sites for hydroxylation is 1. The van der Waals surface area contributed by atoms with Gasteiger partial charge in [-0.1, -0.05) is 29.8 Å². The number of hydrogen-bond donors (Lipinski definition) is 0. The number of nitrogens with zero attached hydrogens (tertiary/aromatic N) is 3. The molecule has 0 bridgehead atoms. The Kier molecular flexibility index (Phi) is 4.27. The Morgan fingerprint density at radius 2 is 1.73 bits per heavy atom. The summed E-state index contributed by atoms with van der Waals surface area (Å²) in [6, 6.07) is 10.3. The van der Waals surface area contributed by atoms with Gasteiger partial charge in [0.05, 0.1) is 15.9 Å². The average molecular weight is 353 g/mol. The fraction of sp³-hybridized carbons (Fsp3) is 0.0588. The molecule has 9 heteroatoms. The molecule has 2 aromatic carbocycles. The number of carbonyl (C=O) groups excluding carboxylic acids is 1. The Balaban J connectivity index is 2.02. The van der Waals surface area contributed by atoms with E-state index in [0.29, 0.717) is 5.56 Å². The molecule has 0 amide bonds. The predicted molar refractivity (Wildman–Crippen MR) is 91.5 cm³/mol. The third kappa shape index (κ3) is 3.31. The third-order valence-electron chi connectivity index (χ3n) is 3.62. The molecule has 130 valence electrons. The van der Waals surface area contributed by atoms with Crippen molar-refractivity contribution in [2.24, 2.45) is 4.99 Å². The zero-order valence-corrected chi connectivity index (χ0v) is 13.4. The molecular formula is C17H11N3O6. The molecule has 1 aliphatic rings. The van der Waals surface area contributed by atoms with Crippen LogP contribution in [0.5, 0.6) is 0 Å². The number of non-ortho nitro benzene ring substituents is 1. The van der Waals surface area contributed by atoms with Crippen molar-refractivity contribution in [1.82, 2.24) is 0 Å². The maximum atomic E-state index is 12.0. The van der Waals surface area contributed by atoms with E-state index < -0.39 is 27.2 Å². The van der Waals surface area contributed by atoms with E-state index in [1.807, 2.05) is 19.1 Å². The van der Waals surface area contributed by atoms with Crippen molar-refractivity contribution in [3.8, 4) is 0 Å². The number of aliphatic imine (C=N–C) groups is 1. The zero-order chi connectivity index (χ0) is 18.8. The molecule has 0 spiro atoms. The highest BCUT2D eigenvalue weighted by molar-refractivity contribution is 6.14. The molecule has 0 saturated heterocycles. The summed E-state index contributed by atoms with van der Waals surface area (Å²) in [4.78, 5) is 36.5. The van der Waals surface area contributed by atoms with Gasteiger partial charge < -0.3 is 4.74 Å². The van der Waals surface area contributed by atoms with Crippen LogP contribution >= 0.6 is 0 Å². The van der Waals surface area contributed by atoms with Gasteiger partial charge in [0.1, 0.15) is 5.56 Å². The molecule has 0 unspecified atom stereocenters. The molecule has 0 saturated carbocycles. The number of benzene rings is 2. The second-order valence-corrected chi connectivity index (χ2v) is 5.46. The van der Waals surface area contributed by atoms with Gasteiger partial charge in [0.2, 0.25) is 5.90 Å². The van der Waals surface area contributed by atoms with Crippen LogP contribution < -0.4 is 0 Å². The van der Waals surface area contributed by atoms with Crippen molar-refractivity contribution in [2.75, 3.05) is 0 Å². The van der Waals surface area contributed by atoms with Crippen molar-refractivity contribution in [1.29, 1.82) is 0 Å². The minimum atomic E-state index is -0.791. The maximum absolute atomic E-state index is 12.0. The Bertz CT molecular complexity index is 992. The lowest BCUT2D eigenvalue weighted by Crippen LogP contribution is -2.08. The fourth-order valence-corrected chi connectivity index (χ4v) is 2.31. The summed E-state index contributed by atoms with van der Waals surface area (Å²) in [6.07, 6.45) is 1.49. The maximum Gasteiger partial charge on any atom is 0.363 e. The quantitative estimate of drug-likeness (QED) is 0.360. The number of carbonyl (C=O) groups is 1. The molecule has 0 N–H and O–H groups in total. The van der Waals surface area contributed by atoms with E-state index in [9.17, 15) is 25.0 Å². The van der Waals surface area contributed by atoms with Crippen LogP contribution in [0.1, 0.15) is 16.7 Å². The number of nitro groups is 2. The number of nitro benzene ring substituents is 2. The van der Waals surface area contributed by atoms with Crippen molar-refractivity contribution >= 4 is 29.3 Å². The molecule has 1 aliphatic heterocycles. The normalized spacial score (nSPS) is 14.9. The molecule has 26 heavy (non-hydrogen) atoms. The summed E-state index contributed by atoms with van der Waals surface area (Å²) < 4.78 is 5.02. The smallest absolute Gasteiger partial charge is 0.363 e. The molecule has 0 atom stereocenters. The first-order chi connectivity index (χ1) is 12.3. The molecule has 0 aromatic heterocycles. The van der Waals surface area contributed by atoms with Gasteiger partial charge >= 0.3 is 5.97 Å². The summed E-state index contributed by atoms with van der Waals surface area (Å²) >= 11 is 0. The largest absolute Gasteiger partial charge is 0.402 e. The lowest BCUT2D eigenvalue weighted by Gasteiger charge is -2.01. The van der Waals surface area contributed by atoms with E-state index in [0.717, 1.165) is 23.8 Å². The number of esters is 1. The predicted octanol–water partition coefficient (Wildman–Crippen LogP) is 3.16. The van der Waals surface area contributed by atoms with E-state index in [2.05, 4.69) is 4.99 Å². The van der Waals surface area contributed by atoms with Gasteiger partial charge in [0.15, 0.2) is 5.70 Å².